The van der Waals surface area contributed by atoms with Crippen molar-refractivity contribution in [3.8, 4) is 23.0 Å². The van der Waals surface area contributed by atoms with E-state index >= 15 is 0 Å². The second-order valence-electron chi connectivity index (χ2n) is 7.11. The summed E-state index contributed by atoms with van der Waals surface area (Å²) in [5.74, 6) is 0.766. The van der Waals surface area contributed by atoms with Gasteiger partial charge in [0.25, 0.3) is 0 Å². The van der Waals surface area contributed by atoms with Crippen LogP contribution in [0.25, 0.3) is 0 Å². The third kappa shape index (κ3) is 4.33. The standard InChI is InChI=1S/C23H29O7P/c1-8-15(3)31(26,22(24)20-16(27-4)10-9-11-17(20)28-5)23(25)21-18(29-6)12-14(2)13-19(21)30-7/h9-13,15H,8H2,1-7H3. The van der Waals surface area contributed by atoms with E-state index in [-0.39, 0.29) is 34.1 Å². The molecule has 2 rings (SSSR count). The lowest BCUT2D eigenvalue weighted by molar-refractivity contribution is 0.103. The molecule has 2 aromatic carbocycles. The molecule has 0 N–H and O–H groups in total. The van der Waals surface area contributed by atoms with Crippen LogP contribution in [0.3, 0.4) is 0 Å². The van der Waals surface area contributed by atoms with E-state index in [0.29, 0.717) is 6.42 Å². The van der Waals surface area contributed by atoms with Crippen molar-refractivity contribution >= 4 is 18.2 Å². The van der Waals surface area contributed by atoms with E-state index in [4.69, 9.17) is 18.9 Å². The fourth-order valence-corrected chi connectivity index (χ4v) is 6.00. The molecule has 7 nitrogen and oxygen atoms in total. The molecular formula is C23H29O7P. The zero-order valence-electron chi connectivity index (χ0n) is 19.0. The Balaban J connectivity index is 2.83. The number of benzene rings is 2. The van der Waals surface area contributed by atoms with Crippen molar-refractivity contribution < 1.29 is 33.1 Å². The van der Waals surface area contributed by atoms with E-state index < -0.39 is 23.8 Å². The van der Waals surface area contributed by atoms with Crippen LogP contribution < -0.4 is 18.9 Å². The zero-order valence-corrected chi connectivity index (χ0v) is 19.9. The van der Waals surface area contributed by atoms with Gasteiger partial charge in [0.05, 0.1) is 28.4 Å². The molecule has 0 radical (unpaired) electrons. The second-order valence-corrected chi connectivity index (χ2v) is 10.1. The minimum absolute atomic E-state index is 0.0125. The maximum absolute atomic E-state index is 14.4. The third-order valence-corrected chi connectivity index (χ3v) is 8.58. The molecule has 0 aromatic heterocycles. The van der Waals surface area contributed by atoms with Gasteiger partial charge in [0.1, 0.15) is 34.1 Å². The summed E-state index contributed by atoms with van der Waals surface area (Å²) in [5, 5.41) is 0. The summed E-state index contributed by atoms with van der Waals surface area (Å²) in [6, 6.07) is 8.06. The van der Waals surface area contributed by atoms with Crippen molar-refractivity contribution in [1.82, 2.24) is 0 Å². The quantitative estimate of drug-likeness (QED) is 0.463. The van der Waals surface area contributed by atoms with Gasteiger partial charge in [-0.15, -0.1) is 0 Å². The van der Waals surface area contributed by atoms with Crippen molar-refractivity contribution in [2.45, 2.75) is 32.9 Å². The van der Waals surface area contributed by atoms with Crippen molar-refractivity contribution in [2.24, 2.45) is 0 Å². The summed E-state index contributed by atoms with van der Waals surface area (Å²) in [4.78, 5) is 27.6. The summed E-state index contributed by atoms with van der Waals surface area (Å²) >= 11 is 0. The van der Waals surface area contributed by atoms with Crippen molar-refractivity contribution in [3.63, 3.8) is 0 Å². The van der Waals surface area contributed by atoms with Crippen molar-refractivity contribution in [2.75, 3.05) is 28.4 Å². The molecule has 0 aliphatic rings. The highest BCUT2D eigenvalue weighted by Gasteiger charge is 2.48. The number of methoxy groups -OCH3 is 4. The normalized spacial score (nSPS) is 13.6. The van der Waals surface area contributed by atoms with Crippen LogP contribution in [0.1, 0.15) is 46.5 Å². The highest BCUT2D eigenvalue weighted by Crippen LogP contribution is 2.60. The van der Waals surface area contributed by atoms with Gasteiger partial charge in [-0.05, 0) is 43.2 Å². The molecule has 2 atom stereocenters. The molecule has 0 saturated carbocycles. The van der Waals surface area contributed by atoms with E-state index in [0.717, 1.165) is 5.56 Å². The number of aryl methyl sites for hydroxylation is 1. The highest BCUT2D eigenvalue weighted by molar-refractivity contribution is 7.96. The minimum atomic E-state index is -4.21. The first kappa shape index (κ1) is 24.5. The van der Waals surface area contributed by atoms with Crippen LogP contribution in [0.2, 0.25) is 0 Å². The number of hydrogen-bond donors (Lipinski definition) is 0. The number of carbonyl (C=O) groups excluding carboxylic acids is 2. The Morgan fingerprint density at radius 1 is 0.839 bits per heavy atom. The molecule has 0 bridgehead atoms. The zero-order chi connectivity index (χ0) is 23.3. The van der Waals surface area contributed by atoms with Gasteiger partial charge in [-0.1, -0.05) is 19.9 Å². The van der Waals surface area contributed by atoms with Gasteiger partial charge < -0.3 is 23.5 Å². The van der Waals surface area contributed by atoms with Crippen LogP contribution in [-0.4, -0.2) is 45.1 Å². The van der Waals surface area contributed by atoms with E-state index in [1.165, 1.54) is 28.4 Å². The van der Waals surface area contributed by atoms with E-state index in [1.807, 2.05) is 6.92 Å². The Labute approximate surface area is 183 Å². The first-order valence-electron chi connectivity index (χ1n) is 9.84. The summed E-state index contributed by atoms with van der Waals surface area (Å²) in [6.07, 6.45) is 0.350. The molecular weight excluding hydrogens is 419 g/mol. The van der Waals surface area contributed by atoms with Crippen LogP contribution in [0.15, 0.2) is 30.3 Å². The fraction of sp³-hybridized carbons (Fsp3) is 0.391. The molecule has 0 aliphatic heterocycles. The molecule has 31 heavy (non-hydrogen) atoms. The monoisotopic (exact) mass is 448 g/mol. The number of hydrogen-bond acceptors (Lipinski definition) is 7. The minimum Gasteiger partial charge on any atom is -0.496 e. The molecule has 0 aliphatic carbocycles. The number of rotatable bonds is 10. The van der Waals surface area contributed by atoms with Gasteiger partial charge in [0.2, 0.25) is 18.2 Å². The molecule has 0 spiro atoms. The van der Waals surface area contributed by atoms with Crippen LogP contribution in [0, 0.1) is 6.92 Å². The largest absolute Gasteiger partial charge is 0.496 e. The van der Waals surface area contributed by atoms with Crippen LogP contribution in [0.4, 0.5) is 0 Å². The van der Waals surface area contributed by atoms with E-state index in [1.54, 1.807) is 44.2 Å². The van der Waals surface area contributed by atoms with Gasteiger partial charge in [0.15, 0.2) is 0 Å². The average molecular weight is 448 g/mol. The number of ether oxygens (including phenoxy) is 4. The molecule has 0 saturated heterocycles. The van der Waals surface area contributed by atoms with Gasteiger partial charge in [-0.2, -0.15) is 0 Å². The van der Waals surface area contributed by atoms with Crippen LogP contribution >= 0.6 is 7.14 Å². The summed E-state index contributed by atoms with van der Waals surface area (Å²) in [7, 11) is 1.40. The van der Waals surface area contributed by atoms with Crippen molar-refractivity contribution in [1.29, 1.82) is 0 Å². The van der Waals surface area contributed by atoms with Crippen LogP contribution in [0.5, 0.6) is 23.0 Å². The molecule has 2 unspecified atom stereocenters. The average Bonchev–Trinajstić information content (AvgIpc) is 2.80. The molecule has 0 heterocycles. The second kappa shape index (κ2) is 10.0. The lowest BCUT2D eigenvalue weighted by Crippen LogP contribution is -2.21. The Bertz CT molecular complexity index is 981. The Kier molecular flexibility index (Phi) is 7.91. The van der Waals surface area contributed by atoms with Gasteiger partial charge in [0, 0.05) is 5.66 Å². The van der Waals surface area contributed by atoms with Gasteiger partial charge in [-0.25, -0.2) is 0 Å². The summed E-state index contributed by atoms with van der Waals surface area (Å²) in [5.41, 5.74) is -1.59. The predicted octanol–water partition coefficient (Wildman–Crippen LogP) is 5.17. The molecule has 0 amide bonds. The molecule has 168 valence electrons. The summed E-state index contributed by atoms with van der Waals surface area (Å²) in [6.45, 7) is 5.23. The lowest BCUT2D eigenvalue weighted by atomic mass is 10.1. The fourth-order valence-electron chi connectivity index (χ4n) is 3.40. The first-order chi connectivity index (χ1) is 14.7. The maximum Gasteiger partial charge on any atom is 0.236 e. The SMILES string of the molecule is CCC(C)P(=O)(C(=O)c1c(OC)cccc1OC)C(=O)c1c(OC)cc(C)cc1OC. The smallest absolute Gasteiger partial charge is 0.236 e. The van der Waals surface area contributed by atoms with Gasteiger partial charge >= 0.3 is 0 Å². The predicted molar refractivity (Wildman–Crippen MR) is 120 cm³/mol. The lowest BCUT2D eigenvalue weighted by Gasteiger charge is -2.25. The van der Waals surface area contributed by atoms with Crippen LogP contribution in [-0.2, 0) is 4.57 Å². The molecule has 8 heteroatoms. The van der Waals surface area contributed by atoms with E-state index in [2.05, 4.69) is 0 Å². The molecule has 2 aromatic rings. The van der Waals surface area contributed by atoms with E-state index in [9.17, 15) is 14.2 Å². The summed E-state index contributed by atoms with van der Waals surface area (Å²) < 4.78 is 35.8. The maximum atomic E-state index is 14.4. The molecule has 0 fully saturated rings. The Morgan fingerprint density at radius 3 is 1.58 bits per heavy atom. The topological polar surface area (TPSA) is 88.1 Å². The Morgan fingerprint density at radius 2 is 1.23 bits per heavy atom. The van der Waals surface area contributed by atoms with Gasteiger partial charge in [-0.3, -0.25) is 9.59 Å². The van der Waals surface area contributed by atoms with Crippen molar-refractivity contribution in [3.05, 3.63) is 47.0 Å². The number of carbonyl (C=O) groups is 2. The first-order valence-corrected chi connectivity index (χ1v) is 11.6. The highest BCUT2D eigenvalue weighted by atomic mass is 31.2. The third-order valence-electron chi connectivity index (χ3n) is 5.32. The Hall–Kier alpha value is -2.79.